The summed E-state index contributed by atoms with van der Waals surface area (Å²) in [5, 5.41) is 0. The van der Waals surface area contributed by atoms with Gasteiger partial charge in [-0.05, 0) is 127 Å². The second-order valence-corrected chi connectivity index (χ2v) is 14.4. The number of carbonyl (C=O) groups is 3. The third-order valence-electron chi connectivity index (χ3n) is 9.01. The molecule has 0 radical (unpaired) electrons. The third kappa shape index (κ3) is 17.1. The highest BCUT2D eigenvalue weighted by atomic mass is 16.6. The number of unbranched alkanes of at least 4 members (excludes halogenated alkanes) is 2. The van der Waals surface area contributed by atoms with Gasteiger partial charge in [-0.2, -0.15) is 0 Å². The number of carbonyl (C=O) groups excluding carboxylic acids is 3. The van der Waals surface area contributed by atoms with E-state index in [1.54, 1.807) is 26.2 Å². The summed E-state index contributed by atoms with van der Waals surface area (Å²) in [7, 11) is 4.84. The van der Waals surface area contributed by atoms with Crippen molar-refractivity contribution >= 4 is 17.9 Å². The molecule has 2 rings (SSSR count). The summed E-state index contributed by atoms with van der Waals surface area (Å²) < 4.78 is 22.0. The smallest absolute Gasteiger partial charge is 0.410 e. The number of amides is 3. The maximum Gasteiger partial charge on any atom is 0.410 e. The summed E-state index contributed by atoms with van der Waals surface area (Å²) in [6.07, 6.45) is 5.96. The molecule has 298 valence electrons. The lowest BCUT2D eigenvalue weighted by molar-refractivity contribution is -0.132. The van der Waals surface area contributed by atoms with Crippen LogP contribution in [0, 0.1) is 6.92 Å². The molecule has 0 aliphatic heterocycles. The van der Waals surface area contributed by atoms with E-state index in [0.717, 1.165) is 48.1 Å². The van der Waals surface area contributed by atoms with Crippen molar-refractivity contribution in [2.75, 3.05) is 73.7 Å². The van der Waals surface area contributed by atoms with Crippen LogP contribution in [0.5, 0.6) is 17.2 Å². The second kappa shape index (κ2) is 24.3. The lowest BCUT2D eigenvalue weighted by Gasteiger charge is -2.30. The van der Waals surface area contributed by atoms with Gasteiger partial charge in [-0.15, -0.1) is 0 Å². The number of nitrogens with two attached hydrogens (primary N) is 2. The molecule has 0 fully saturated rings. The topological polar surface area (TPSA) is 150 Å². The molecular weight excluding hydrogens is 674 g/mol. The molecule has 0 aromatic heterocycles. The van der Waals surface area contributed by atoms with Crippen LogP contribution in [-0.2, 0) is 27.2 Å². The number of hydrogen-bond acceptors (Lipinski definition) is 9. The lowest BCUT2D eigenvalue weighted by atomic mass is 10.1. The van der Waals surface area contributed by atoms with Crippen LogP contribution in [0.3, 0.4) is 0 Å². The average Bonchev–Trinajstić information content (AvgIpc) is 3.13. The summed E-state index contributed by atoms with van der Waals surface area (Å²) in [4.78, 5) is 45.8. The van der Waals surface area contributed by atoms with Crippen LogP contribution in [-0.4, -0.2) is 112 Å². The molecule has 12 nitrogen and oxygen atoms in total. The molecule has 0 saturated carbocycles. The van der Waals surface area contributed by atoms with Crippen LogP contribution in [0.1, 0.15) is 88.8 Å². The second-order valence-electron chi connectivity index (χ2n) is 14.4. The van der Waals surface area contributed by atoms with Crippen LogP contribution in [0.25, 0.3) is 0 Å². The third-order valence-corrected chi connectivity index (χ3v) is 9.01. The standard InChI is InChI=1S/C41H67N5O7/c1-32-14-15-33(30-36(32)51-6)17-20-38(47)44(24-10-8-22-42)26-12-28-46(40(49)53-41(2,3)4)29-13-27-45(25-11-9-23-43)39(48)21-18-34-16-19-35(50-5)37(31-34)52-7/h14-16,19,30-31H,8-13,17-18,20-29,42-43H2,1-7H3. The number of benzene rings is 2. The van der Waals surface area contributed by atoms with E-state index in [0.29, 0.717) is 102 Å². The van der Waals surface area contributed by atoms with Crippen molar-refractivity contribution in [2.45, 2.75) is 97.5 Å². The molecule has 0 heterocycles. The van der Waals surface area contributed by atoms with Gasteiger partial charge in [0.1, 0.15) is 11.4 Å². The van der Waals surface area contributed by atoms with Gasteiger partial charge < -0.3 is 45.1 Å². The van der Waals surface area contributed by atoms with Crippen molar-refractivity contribution in [1.29, 1.82) is 0 Å². The van der Waals surface area contributed by atoms with Crippen molar-refractivity contribution < 1.29 is 33.3 Å². The summed E-state index contributed by atoms with van der Waals surface area (Å²) in [5.41, 5.74) is 14.0. The highest BCUT2D eigenvalue weighted by Gasteiger charge is 2.23. The van der Waals surface area contributed by atoms with E-state index >= 15 is 0 Å². The zero-order valence-electron chi connectivity index (χ0n) is 33.5. The fourth-order valence-electron chi connectivity index (χ4n) is 6.02. The lowest BCUT2D eigenvalue weighted by Crippen LogP contribution is -2.41. The molecule has 4 N–H and O–H groups in total. The molecule has 0 atom stereocenters. The quantitative estimate of drug-likeness (QED) is 0.122. The Hall–Kier alpha value is -4.03. The van der Waals surface area contributed by atoms with E-state index in [9.17, 15) is 14.4 Å². The monoisotopic (exact) mass is 742 g/mol. The van der Waals surface area contributed by atoms with Gasteiger partial charge in [0, 0.05) is 52.1 Å². The van der Waals surface area contributed by atoms with E-state index in [1.807, 2.05) is 73.9 Å². The molecule has 0 saturated heterocycles. The highest BCUT2D eigenvalue weighted by molar-refractivity contribution is 5.77. The molecule has 0 bridgehead atoms. The van der Waals surface area contributed by atoms with Gasteiger partial charge in [-0.1, -0.05) is 18.2 Å². The normalized spacial score (nSPS) is 11.2. The van der Waals surface area contributed by atoms with E-state index in [-0.39, 0.29) is 11.8 Å². The Labute approximate surface area is 318 Å². The zero-order chi connectivity index (χ0) is 39.2. The van der Waals surface area contributed by atoms with Crippen molar-refractivity contribution in [3.8, 4) is 17.2 Å². The van der Waals surface area contributed by atoms with Gasteiger partial charge in [-0.25, -0.2) is 4.79 Å². The Morgan fingerprint density at radius 2 is 1.02 bits per heavy atom. The molecule has 3 amide bonds. The van der Waals surface area contributed by atoms with Crippen LogP contribution in [0.15, 0.2) is 36.4 Å². The fourth-order valence-corrected chi connectivity index (χ4v) is 6.02. The van der Waals surface area contributed by atoms with E-state index in [1.165, 1.54) is 0 Å². The first-order valence-corrected chi connectivity index (χ1v) is 19.1. The van der Waals surface area contributed by atoms with Crippen molar-refractivity contribution in [2.24, 2.45) is 11.5 Å². The first kappa shape index (κ1) is 45.1. The Bertz CT molecular complexity index is 1400. The zero-order valence-corrected chi connectivity index (χ0v) is 33.5. The highest BCUT2D eigenvalue weighted by Crippen LogP contribution is 2.28. The summed E-state index contributed by atoms with van der Waals surface area (Å²) in [6, 6.07) is 11.7. The molecule has 0 spiro atoms. The molecular formula is C41H67N5O7. The van der Waals surface area contributed by atoms with Crippen LogP contribution < -0.4 is 25.7 Å². The van der Waals surface area contributed by atoms with Crippen molar-refractivity contribution in [3.05, 3.63) is 53.1 Å². The molecule has 0 aliphatic carbocycles. The van der Waals surface area contributed by atoms with Crippen LogP contribution in [0.4, 0.5) is 4.79 Å². The van der Waals surface area contributed by atoms with Crippen molar-refractivity contribution in [1.82, 2.24) is 14.7 Å². The largest absolute Gasteiger partial charge is 0.496 e. The molecule has 0 aliphatic rings. The van der Waals surface area contributed by atoms with Gasteiger partial charge in [0.2, 0.25) is 11.8 Å². The number of rotatable bonds is 25. The van der Waals surface area contributed by atoms with E-state index in [4.69, 9.17) is 30.4 Å². The number of nitrogens with zero attached hydrogens (tertiary/aromatic N) is 3. The molecule has 2 aromatic rings. The fraction of sp³-hybridized carbons (Fsp3) is 0.634. The predicted molar refractivity (Wildman–Crippen MR) is 211 cm³/mol. The first-order valence-electron chi connectivity index (χ1n) is 19.1. The Morgan fingerprint density at radius 1 is 0.585 bits per heavy atom. The van der Waals surface area contributed by atoms with Gasteiger partial charge in [0.25, 0.3) is 0 Å². The summed E-state index contributed by atoms with van der Waals surface area (Å²) >= 11 is 0. The van der Waals surface area contributed by atoms with Crippen LogP contribution >= 0.6 is 0 Å². The minimum Gasteiger partial charge on any atom is -0.496 e. The molecule has 12 heteroatoms. The molecule has 53 heavy (non-hydrogen) atoms. The Kier molecular flexibility index (Phi) is 20.7. The minimum atomic E-state index is -0.660. The minimum absolute atomic E-state index is 0.0522. The maximum absolute atomic E-state index is 13.5. The van der Waals surface area contributed by atoms with E-state index < -0.39 is 11.7 Å². The van der Waals surface area contributed by atoms with Crippen LogP contribution in [0.2, 0.25) is 0 Å². The SMILES string of the molecule is COc1cc(CCC(=O)N(CCCCN)CCCN(CCCN(CCCCN)C(=O)CCc2ccc(OC)c(OC)c2)C(=O)OC(C)(C)C)ccc1C. The van der Waals surface area contributed by atoms with Crippen molar-refractivity contribution in [3.63, 3.8) is 0 Å². The van der Waals surface area contributed by atoms with Gasteiger partial charge >= 0.3 is 6.09 Å². The molecule has 0 unspecified atom stereocenters. The number of ether oxygens (including phenoxy) is 4. The van der Waals surface area contributed by atoms with Gasteiger partial charge in [-0.3, -0.25) is 9.59 Å². The first-order chi connectivity index (χ1) is 25.3. The van der Waals surface area contributed by atoms with Gasteiger partial charge in [0.05, 0.1) is 21.3 Å². The maximum atomic E-state index is 13.5. The Morgan fingerprint density at radius 3 is 1.47 bits per heavy atom. The number of methoxy groups -OCH3 is 3. The summed E-state index contributed by atoms with van der Waals surface area (Å²) in [6.45, 7) is 11.7. The summed E-state index contributed by atoms with van der Waals surface area (Å²) in [5.74, 6) is 2.22. The Balaban J connectivity index is 2.07. The number of aryl methyl sites for hydroxylation is 3. The molecule has 2 aromatic carbocycles. The van der Waals surface area contributed by atoms with Gasteiger partial charge in [0.15, 0.2) is 11.5 Å². The van der Waals surface area contributed by atoms with E-state index in [2.05, 4.69) is 0 Å². The number of hydrogen-bond donors (Lipinski definition) is 2. The average molecular weight is 742 g/mol. The predicted octanol–water partition coefficient (Wildman–Crippen LogP) is 5.74.